The van der Waals surface area contributed by atoms with E-state index in [2.05, 4.69) is 10.5 Å². The van der Waals surface area contributed by atoms with E-state index in [0.717, 1.165) is 42.6 Å². The van der Waals surface area contributed by atoms with Gasteiger partial charge >= 0.3 is 0 Å². The number of rotatable bonds is 3. The Morgan fingerprint density at radius 3 is 2.80 bits per heavy atom. The fourth-order valence-corrected chi connectivity index (χ4v) is 2.60. The SMILES string of the molecule is CC(C(=O)Nc1noc2c1CCCC2)c1ccccc1. The first-order chi connectivity index (χ1) is 9.75. The molecule has 1 aliphatic rings. The first-order valence-electron chi connectivity index (χ1n) is 7.09. The van der Waals surface area contributed by atoms with Gasteiger partial charge < -0.3 is 9.84 Å². The predicted molar refractivity (Wildman–Crippen MR) is 76.6 cm³/mol. The maximum atomic E-state index is 12.3. The molecule has 1 aromatic carbocycles. The van der Waals surface area contributed by atoms with E-state index in [1.807, 2.05) is 37.3 Å². The highest BCUT2D eigenvalue weighted by Crippen LogP contribution is 2.28. The lowest BCUT2D eigenvalue weighted by atomic mass is 9.97. The van der Waals surface area contributed by atoms with Gasteiger partial charge in [-0.1, -0.05) is 35.5 Å². The van der Waals surface area contributed by atoms with Gasteiger partial charge in [0.15, 0.2) is 5.82 Å². The Kier molecular flexibility index (Phi) is 3.54. The minimum atomic E-state index is -0.202. The monoisotopic (exact) mass is 270 g/mol. The van der Waals surface area contributed by atoms with Gasteiger partial charge in [0, 0.05) is 12.0 Å². The van der Waals surface area contributed by atoms with Crippen molar-refractivity contribution in [3.8, 4) is 0 Å². The van der Waals surface area contributed by atoms with E-state index in [1.165, 1.54) is 0 Å². The summed E-state index contributed by atoms with van der Waals surface area (Å²) in [6.45, 7) is 1.90. The number of fused-ring (bicyclic) bond motifs is 1. The molecule has 2 aromatic rings. The number of carbonyl (C=O) groups is 1. The van der Waals surface area contributed by atoms with Gasteiger partial charge in [0.25, 0.3) is 0 Å². The molecule has 4 heteroatoms. The van der Waals surface area contributed by atoms with Crippen molar-refractivity contribution in [1.82, 2.24) is 5.16 Å². The fraction of sp³-hybridized carbons (Fsp3) is 0.375. The zero-order valence-electron chi connectivity index (χ0n) is 11.6. The van der Waals surface area contributed by atoms with Gasteiger partial charge in [0.2, 0.25) is 5.91 Å². The molecule has 20 heavy (non-hydrogen) atoms. The van der Waals surface area contributed by atoms with Crippen LogP contribution < -0.4 is 5.32 Å². The second-order valence-electron chi connectivity index (χ2n) is 5.26. The highest BCUT2D eigenvalue weighted by molar-refractivity contribution is 5.95. The lowest BCUT2D eigenvalue weighted by Crippen LogP contribution is -2.20. The molecule has 1 aliphatic carbocycles. The zero-order chi connectivity index (χ0) is 13.9. The standard InChI is InChI=1S/C16H18N2O2/c1-11(12-7-3-2-4-8-12)16(19)17-15-13-9-5-6-10-14(13)20-18-15/h2-4,7-8,11H,5-6,9-10H2,1H3,(H,17,18,19). The van der Waals surface area contributed by atoms with Crippen molar-refractivity contribution in [2.45, 2.75) is 38.5 Å². The third kappa shape index (κ3) is 2.46. The van der Waals surface area contributed by atoms with Crippen LogP contribution in [0.1, 0.15) is 42.6 Å². The molecule has 1 heterocycles. The molecule has 0 fully saturated rings. The molecule has 0 saturated heterocycles. The van der Waals surface area contributed by atoms with Gasteiger partial charge in [-0.3, -0.25) is 4.79 Å². The molecule has 0 bridgehead atoms. The number of aryl methyl sites for hydroxylation is 1. The van der Waals surface area contributed by atoms with Crippen molar-refractivity contribution in [3.05, 3.63) is 47.2 Å². The first kappa shape index (κ1) is 12.9. The van der Waals surface area contributed by atoms with Gasteiger partial charge in [-0.15, -0.1) is 0 Å². The summed E-state index contributed by atoms with van der Waals surface area (Å²) in [5.74, 6) is 1.29. The highest BCUT2D eigenvalue weighted by atomic mass is 16.5. The zero-order valence-corrected chi connectivity index (χ0v) is 11.6. The van der Waals surface area contributed by atoms with Gasteiger partial charge in [-0.25, -0.2) is 0 Å². The summed E-state index contributed by atoms with van der Waals surface area (Å²) in [6, 6.07) is 9.75. The molecule has 3 rings (SSSR count). The Morgan fingerprint density at radius 1 is 1.25 bits per heavy atom. The Labute approximate surface area is 118 Å². The number of nitrogens with one attached hydrogen (secondary N) is 1. The van der Waals surface area contributed by atoms with Crippen LogP contribution in [0.2, 0.25) is 0 Å². The Bertz CT molecular complexity index is 604. The Morgan fingerprint density at radius 2 is 2.00 bits per heavy atom. The van der Waals surface area contributed by atoms with Crippen LogP contribution in [-0.4, -0.2) is 11.1 Å². The minimum absolute atomic E-state index is 0.0436. The summed E-state index contributed by atoms with van der Waals surface area (Å²) in [5.41, 5.74) is 2.08. The van der Waals surface area contributed by atoms with Gasteiger partial charge in [-0.2, -0.15) is 0 Å². The van der Waals surface area contributed by atoms with Crippen LogP contribution >= 0.6 is 0 Å². The number of amides is 1. The van der Waals surface area contributed by atoms with Crippen molar-refractivity contribution in [2.75, 3.05) is 5.32 Å². The van der Waals surface area contributed by atoms with Crippen LogP contribution in [0.15, 0.2) is 34.9 Å². The second kappa shape index (κ2) is 5.49. The summed E-state index contributed by atoms with van der Waals surface area (Å²) in [4.78, 5) is 12.3. The Balaban J connectivity index is 1.75. The van der Waals surface area contributed by atoms with Gasteiger partial charge in [0.05, 0.1) is 5.92 Å². The largest absolute Gasteiger partial charge is 0.359 e. The highest BCUT2D eigenvalue weighted by Gasteiger charge is 2.23. The van der Waals surface area contributed by atoms with Crippen molar-refractivity contribution in [2.24, 2.45) is 0 Å². The maximum absolute atomic E-state index is 12.3. The summed E-state index contributed by atoms with van der Waals surface area (Å²) in [6.07, 6.45) is 4.13. The summed E-state index contributed by atoms with van der Waals surface area (Å²) in [5, 5.41) is 6.91. The van der Waals surface area contributed by atoms with E-state index in [9.17, 15) is 4.79 Å². The number of nitrogens with zero attached hydrogens (tertiary/aromatic N) is 1. The maximum Gasteiger partial charge on any atom is 0.232 e. The quantitative estimate of drug-likeness (QED) is 0.931. The van der Waals surface area contributed by atoms with Crippen molar-refractivity contribution in [3.63, 3.8) is 0 Å². The van der Waals surface area contributed by atoms with Crippen LogP contribution in [0.5, 0.6) is 0 Å². The van der Waals surface area contributed by atoms with Crippen LogP contribution in [0.4, 0.5) is 5.82 Å². The van der Waals surface area contributed by atoms with Crippen molar-refractivity contribution in [1.29, 1.82) is 0 Å². The third-order valence-electron chi connectivity index (χ3n) is 3.88. The first-order valence-corrected chi connectivity index (χ1v) is 7.09. The number of hydrogen-bond donors (Lipinski definition) is 1. The van der Waals surface area contributed by atoms with Crippen molar-refractivity contribution >= 4 is 11.7 Å². The normalized spacial score (nSPS) is 15.4. The molecule has 0 radical (unpaired) electrons. The van der Waals surface area contributed by atoms with Crippen LogP contribution in [-0.2, 0) is 17.6 Å². The molecular weight excluding hydrogens is 252 g/mol. The molecule has 0 spiro atoms. The number of hydrogen-bond acceptors (Lipinski definition) is 3. The summed E-state index contributed by atoms with van der Waals surface area (Å²) in [7, 11) is 0. The molecule has 0 aliphatic heterocycles. The molecule has 4 nitrogen and oxygen atoms in total. The minimum Gasteiger partial charge on any atom is -0.359 e. The third-order valence-corrected chi connectivity index (χ3v) is 3.88. The lowest BCUT2D eigenvalue weighted by Gasteiger charge is -2.13. The molecule has 1 N–H and O–H groups in total. The van der Waals surface area contributed by atoms with Crippen molar-refractivity contribution < 1.29 is 9.32 Å². The summed E-state index contributed by atoms with van der Waals surface area (Å²) < 4.78 is 5.31. The predicted octanol–water partition coefficient (Wildman–Crippen LogP) is 3.30. The van der Waals surface area contributed by atoms with Crippen LogP contribution in [0.3, 0.4) is 0 Å². The number of aromatic nitrogens is 1. The molecule has 1 aromatic heterocycles. The Hall–Kier alpha value is -2.10. The number of carbonyl (C=O) groups excluding carboxylic acids is 1. The average molecular weight is 270 g/mol. The molecule has 1 unspecified atom stereocenters. The molecule has 1 amide bonds. The van der Waals surface area contributed by atoms with Crippen LogP contribution in [0.25, 0.3) is 0 Å². The average Bonchev–Trinajstić information content (AvgIpc) is 2.91. The van der Waals surface area contributed by atoms with E-state index >= 15 is 0 Å². The fourth-order valence-electron chi connectivity index (χ4n) is 2.60. The van der Waals surface area contributed by atoms with E-state index in [1.54, 1.807) is 0 Å². The molecule has 1 atom stereocenters. The van der Waals surface area contributed by atoms with E-state index in [0.29, 0.717) is 5.82 Å². The van der Waals surface area contributed by atoms with Gasteiger partial charge in [-0.05, 0) is 31.7 Å². The summed E-state index contributed by atoms with van der Waals surface area (Å²) >= 11 is 0. The van der Waals surface area contributed by atoms with Crippen LogP contribution in [0, 0.1) is 0 Å². The van der Waals surface area contributed by atoms with E-state index in [-0.39, 0.29) is 11.8 Å². The number of benzene rings is 1. The lowest BCUT2D eigenvalue weighted by molar-refractivity contribution is -0.117. The molecule has 104 valence electrons. The molecular formula is C16H18N2O2. The number of anilines is 1. The van der Waals surface area contributed by atoms with E-state index in [4.69, 9.17) is 4.52 Å². The topological polar surface area (TPSA) is 55.1 Å². The van der Waals surface area contributed by atoms with E-state index < -0.39 is 0 Å². The smallest absolute Gasteiger partial charge is 0.232 e. The molecule has 0 saturated carbocycles. The van der Waals surface area contributed by atoms with Gasteiger partial charge in [0.1, 0.15) is 5.76 Å². The second-order valence-corrected chi connectivity index (χ2v) is 5.26.